The average molecular weight is 503 g/mol. The summed E-state index contributed by atoms with van der Waals surface area (Å²) in [6, 6.07) is 3.71. The molecule has 0 spiro atoms. The number of pyridine rings is 1. The maximum atomic E-state index is 13.4. The molecule has 2 aromatic rings. The Morgan fingerprint density at radius 2 is 2.00 bits per heavy atom. The Morgan fingerprint density at radius 3 is 2.74 bits per heavy atom. The Morgan fingerprint density at radius 1 is 1.21 bits per heavy atom. The van der Waals surface area contributed by atoms with E-state index in [2.05, 4.69) is 17.2 Å². The van der Waals surface area contributed by atoms with E-state index in [1.54, 1.807) is 12.3 Å². The molecule has 0 unspecified atom stereocenters. The largest absolute Gasteiger partial charge is 0.481 e. The molecule has 0 radical (unpaired) electrons. The van der Waals surface area contributed by atoms with E-state index in [1.807, 2.05) is 19.1 Å². The number of nitrogens with one attached hydrogen (secondary N) is 1. The standard InChI is InChI=1S/C24H30N4O4S2/c1-3-4-7-12-25-21-17(22(31)28-15-16(2)10-11-19(28)26-21)14-18-23(32)27(24(33)34-18)13-8-5-6-9-20(29)30/h10-11,14-15,25H,3-9,12-13H2,1-2H3,(H,29,30)/b18-14+. The summed E-state index contributed by atoms with van der Waals surface area (Å²) in [4.78, 5) is 43.6. The van der Waals surface area contributed by atoms with Crippen molar-refractivity contribution in [2.24, 2.45) is 0 Å². The number of thiocarbonyl (C=S) groups is 1. The summed E-state index contributed by atoms with van der Waals surface area (Å²) in [6.45, 7) is 5.14. The number of hydrogen-bond acceptors (Lipinski definition) is 7. The zero-order valence-corrected chi connectivity index (χ0v) is 21.1. The fourth-order valence-electron chi connectivity index (χ4n) is 3.65. The first-order valence-electron chi connectivity index (χ1n) is 11.6. The summed E-state index contributed by atoms with van der Waals surface area (Å²) < 4.78 is 1.94. The third-order valence-corrected chi connectivity index (χ3v) is 6.88. The lowest BCUT2D eigenvalue weighted by Crippen LogP contribution is -2.29. The first kappa shape index (κ1) is 25.9. The first-order valence-corrected chi connectivity index (χ1v) is 12.8. The molecular weight excluding hydrogens is 472 g/mol. The van der Waals surface area contributed by atoms with Gasteiger partial charge >= 0.3 is 5.97 Å². The number of carboxylic acids is 1. The molecule has 182 valence electrons. The van der Waals surface area contributed by atoms with Gasteiger partial charge in [-0.1, -0.05) is 56.2 Å². The molecule has 0 saturated carbocycles. The van der Waals surface area contributed by atoms with Crippen molar-refractivity contribution in [3.8, 4) is 0 Å². The predicted octanol–water partition coefficient (Wildman–Crippen LogP) is 4.45. The summed E-state index contributed by atoms with van der Waals surface area (Å²) in [5.41, 5.74) is 1.56. The van der Waals surface area contributed by atoms with Crippen LogP contribution in [0.25, 0.3) is 11.7 Å². The van der Waals surface area contributed by atoms with Crippen molar-refractivity contribution < 1.29 is 14.7 Å². The number of fused-ring (bicyclic) bond motifs is 1. The molecule has 3 rings (SSSR count). The van der Waals surface area contributed by atoms with E-state index < -0.39 is 5.97 Å². The number of unbranched alkanes of at least 4 members (excludes halogenated alkanes) is 4. The normalized spacial score (nSPS) is 15.0. The van der Waals surface area contributed by atoms with Crippen LogP contribution in [-0.2, 0) is 9.59 Å². The van der Waals surface area contributed by atoms with Gasteiger partial charge in [0.2, 0.25) is 0 Å². The number of amides is 1. The van der Waals surface area contributed by atoms with E-state index in [0.717, 1.165) is 24.8 Å². The lowest BCUT2D eigenvalue weighted by atomic mass is 10.2. The van der Waals surface area contributed by atoms with Crippen LogP contribution in [0.3, 0.4) is 0 Å². The molecule has 2 aromatic heterocycles. The highest BCUT2D eigenvalue weighted by Crippen LogP contribution is 2.33. The molecule has 1 fully saturated rings. The SMILES string of the molecule is CCCCCNc1nc2ccc(C)cn2c(=O)c1/C=C1/SC(=S)N(CCCCCC(=O)O)C1=O. The summed E-state index contributed by atoms with van der Waals surface area (Å²) in [5.74, 6) is -0.596. The van der Waals surface area contributed by atoms with Gasteiger partial charge in [-0.05, 0) is 43.9 Å². The fourth-order valence-corrected chi connectivity index (χ4v) is 4.94. The molecule has 0 aromatic carbocycles. The molecule has 0 bridgehead atoms. The topological polar surface area (TPSA) is 104 Å². The summed E-state index contributed by atoms with van der Waals surface area (Å²) in [6.07, 6.45) is 8.48. The van der Waals surface area contributed by atoms with Crippen molar-refractivity contribution in [2.75, 3.05) is 18.4 Å². The zero-order valence-electron chi connectivity index (χ0n) is 19.5. The second-order valence-electron chi connectivity index (χ2n) is 8.29. The van der Waals surface area contributed by atoms with Crippen LogP contribution >= 0.6 is 24.0 Å². The number of rotatable bonds is 12. The van der Waals surface area contributed by atoms with Crippen molar-refractivity contribution in [1.29, 1.82) is 0 Å². The molecule has 0 aliphatic carbocycles. The maximum Gasteiger partial charge on any atom is 0.303 e. The number of aromatic nitrogens is 2. The second kappa shape index (κ2) is 12.1. The van der Waals surface area contributed by atoms with Crippen molar-refractivity contribution in [1.82, 2.24) is 14.3 Å². The molecule has 1 saturated heterocycles. The van der Waals surface area contributed by atoms with Crippen LogP contribution in [-0.4, -0.2) is 48.7 Å². The fraction of sp³-hybridized carbons (Fsp3) is 0.458. The quantitative estimate of drug-likeness (QED) is 0.249. The van der Waals surface area contributed by atoms with E-state index in [1.165, 1.54) is 21.1 Å². The minimum Gasteiger partial charge on any atom is -0.481 e. The highest BCUT2D eigenvalue weighted by molar-refractivity contribution is 8.26. The zero-order chi connectivity index (χ0) is 24.7. The van der Waals surface area contributed by atoms with E-state index in [0.29, 0.717) is 58.6 Å². The Hall–Kier alpha value is -2.72. The molecular formula is C24H30N4O4S2. The number of nitrogens with zero attached hydrogens (tertiary/aromatic N) is 3. The van der Waals surface area contributed by atoms with Gasteiger partial charge in [-0.3, -0.25) is 23.7 Å². The number of carboxylic acid groups (broad SMARTS) is 1. The predicted molar refractivity (Wildman–Crippen MR) is 140 cm³/mol. The average Bonchev–Trinajstić information content (AvgIpc) is 3.06. The van der Waals surface area contributed by atoms with Gasteiger partial charge in [0.05, 0.1) is 10.5 Å². The molecule has 1 amide bonds. The highest BCUT2D eigenvalue weighted by Gasteiger charge is 2.32. The van der Waals surface area contributed by atoms with Gasteiger partial charge in [-0.25, -0.2) is 4.98 Å². The number of aryl methyl sites for hydroxylation is 1. The van der Waals surface area contributed by atoms with Gasteiger partial charge in [-0.15, -0.1) is 0 Å². The van der Waals surface area contributed by atoms with E-state index in [-0.39, 0.29) is 17.9 Å². The van der Waals surface area contributed by atoms with Crippen LogP contribution in [0, 0.1) is 6.92 Å². The van der Waals surface area contributed by atoms with E-state index in [4.69, 9.17) is 17.3 Å². The molecule has 0 atom stereocenters. The number of hydrogen-bond donors (Lipinski definition) is 2. The number of anilines is 1. The summed E-state index contributed by atoms with van der Waals surface area (Å²) >= 11 is 6.58. The van der Waals surface area contributed by atoms with Crippen molar-refractivity contribution >= 4 is 57.7 Å². The summed E-state index contributed by atoms with van der Waals surface area (Å²) in [7, 11) is 0. The Balaban J connectivity index is 1.86. The van der Waals surface area contributed by atoms with Crippen LogP contribution in [0.4, 0.5) is 5.82 Å². The number of carbonyl (C=O) groups is 2. The van der Waals surface area contributed by atoms with Gasteiger partial charge < -0.3 is 10.4 Å². The molecule has 2 N–H and O–H groups in total. The minimum atomic E-state index is -0.821. The molecule has 8 nitrogen and oxygen atoms in total. The molecule has 1 aliphatic heterocycles. The number of carbonyl (C=O) groups excluding carboxylic acids is 1. The number of thioether (sulfide) groups is 1. The lowest BCUT2D eigenvalue weighted by Gasteiger charge is -2.14. The van der Waals surface area contributed by atoms with E-state index in [9.17, 15) is 14.4 Å². The monoisotopic (exact) mass is 502 g/mol. The Labute approximate surface area is 208 Å². The van der Waals surface area contributed by atoms with Gasteiger partial charge in [0.25, 0.3) is 11.5 Å². The molecule has 10 heteroatoms. The number of aliphatic carboxylic acids is 1. The van der Waals surface area contributed by atoms with Gasteiger partial charge in [-0.2, -0.15) is 0 Å². The third kappa shape index (κ3) is 6.44. The Bertz CT molecular complexity index is 1180. The Kier molecular flexibility index (Phi) is 9.23. The van der Waals surface area contributed by atoms with Crippen LogP contribution in [0.1, 0.15) is 63.0 Å². The van der Waals surface area contributed by atoms with Crippen molar-refractivity contribution in [2.45, 2.75) is 58.8 Å². The third-order valence-electron chi connectivity index (χ3n) is 5.50. The maximum absolute atomic E-state index is 13.4. The van der Waals surface area contributed by atoms with E-state index >= 15 is 0 Å². The molecule has 1 aliphatic rings. The minimum absolute atomic E-state index is 0.116. The molecule has 34 heavy (non-hydrogen) atoms. The first-order chi connectivity index (χ1) is 16.3. The van der Waals surface area contributed by atoms with Gasteiger partial charge in [0.1, 0.15) is 15.8 Å². The van der Waals surface area contributed by atoms with Crippen LogP contribution in [0.5, 0.6) is 0 Å². The van der Waals surface area contributed by atoms with Crippen LogP contribution in [0.15, 0.2) is 28.0 Å². The smallest absolute Gasteiger partial charge is 0.303 e. The lowest BCUT2D eigenvalue weighted by molar-refractivity contribution is -0.137. The van der Waals surface area contributed by atoms with Crippen LogP contribution in [0.2, 0.25) is 0 Å². The molecule has 3 heterocycles. The van der Waals surface area contributed by atoms with Crippen molar-refractivity contribution in [3.05, 3.63) is 44.7 Å². The highest BCUT2D eigenvalue weighted by atomic mass is 32.2. The van der Waals surface area contributed by atoms with Crippen LogP contribution < -0.4 is 10.9 Å². The van der Waals surface area contributed by atoms with Gasteiger partial charge in [0.15, 0.2) is 0 Å². The van der Waals surface area contributed by atoms with Gasteiger partial charge in [0, 0.05) is 25.7 Å². The summed E-state index contributed by atoms with van der Waals surface area (Å²) in [5, 5.41) is 12.0. The second-order valence-corrected chi connectivity index (χ2v) is 9.96. The van der Waals surface area contributed by atoms with Crippen molar-refractivity contribution in [3.63, 3.8) is 0 Å².